The second-order valence-corrected chi connectivity index (χ2v) is 27.8. The normalized spacial score (nSPS) is 14.9. The third-order valence-electron chi connectivity index (χ3n) is 14.8. The topological polar surface area (TPSA) is 410 Å². The van der Waals surface area contributed by atoms with Gasteiger partial charge in [0.2, 0.25) is 5.60 Å². The number of aromatic nitrogens is 2. The van der Waals surface area contributed by atoms with E-state index in [4.69, 9.17) is 57.5 Å². The average molecular weight is 1450 g/mol. The maximum Gasteiger partial charge on any atom is 0.355 e. The molecule has 2 aliphatic heterocycles. The number of nitrogens with zero attached hydrogens (tertiary/aromatic N) is 2. The number of fused-ring (bicyclic) bond motifs is 5. The SMILES string of the molecule is CCCC(=O)OCCOC(=O)CCSCC(OC(=O)CCC(=O)O)C(CSC(C)(C)CCC(=O)OCCOC(=O)CCSCC(OC(=O)CCC(=O)O[C@@]1(CC)C(=O)OCc2c1cc1n(c2=O)Cc2cc3ccccc3nc2-1)C(CSC)OC(=O)CCC(=O)O)OC(=O)CCC(=O)O. The summed E-state index contributed by atoms with van der Waals surface area (Å²) in [6, 6.07) is 11.0. The molecule has 5 rings (SSSR count). The number of carboxylic acid groups (broad SMARTS) is 3. The van der Waals surface area contributed by atoms with Crippen LogP contribution >= 0.6 is 47.0 Å². The van der Waals surface area contributed by atoms with E-state index in [0.29, 0.717) is 23.3 Å². The summed E-state index contributed by atoms with van der Waals surface area (Å²) in [7, 11) is 0. The van der Waals surface area contributed by atoms with E-state index in [1.54, 1.807) is 40.0 Å². The number of benzene rings is 1. The molecule has 5 atom stereocenters. The molecule has 1 aromatic carbocycles. The van der Waals surface area contributed by atoms with E-state index in [1.165, 1.54) is 28.1 Å². The summed E-state index contributed by atoms with van der Waals surface area (Å²) in [5.74, 6) is -11.7. The summed E-state index contributed by atoms with van der Waals surface area (Å²) in [6.07, 6.45) is -7.05. The molecule has 0 radical (unpaired) electrons. The molecule has 4 heterocycles. The van der Waals surface area contributed by atoms with Gasteiger partial charge in [0.15, 0.2) is 0 Å². The van der Waals surface area contributed by atoms with Gasteiger partial charge in [-0.1, -0.05) is 45.9 Å². The van der Waals surface area contributed by atoms with Gasteiger partial charge >= 0.3 is 77.6 Å². The van der Waals surface area contributed by atoms with Crippen LogP contribution in [0.1, 0.15) is 141 Å². The zero-order valence-electron chi connectivity index (χ0n) is 55.0. The molecule has 0 saturated carbocycles. The van der Waals surface area contributed by atoms with E-state index in [-0.39, 0.29) is 124 Å². The van der Waals surface area contributed by atoms with Gasteiger partial charge < -0.3 is 67.3 Å². The number of thioether (sulfide) groups is 4. The Labute approximate surface area is 581 Å². The summed E-state index contributed by atoms with van der Waals surface area (Å²) in [6.45, 7) is 5.83. The first-order valence-corrected chi connectivity index (χ1v) is 36.3. The van der Waals surface area contributed by atoms with Gasteiger partial charge in [0.05, 0.1) is 93.2 Å². The Kier molecular flexibility index (Phi) is 33.7. The van der Waals surface area contributed by atoms with Gasteiger partial charge in [-0.3, -0.25) is 62.3 Å². The van der Waals surface area contributed by atoms with Crippen LogP contribution in [0.3, 0.4) is 0 Å². The predicted octanol–water partition coefficient (Wildman–Crippen LogP) is 6.53. The number of carboxylic acids is 3. The fourth-order valence-electron chi connectivity index (χ4n) is 9.71. The van der Waals surface area contributed by atoms with Crippen molar-refractivity contribution in [2.75, 3.05) is 67.2 Å². The summed E-state index contributed by atoms with van der Waals surface area (Å²) >= 11 is 4.67. The van der Waals surface area contributed by atoms with E-state index in [0.717, 1.165) is 34.5 Å². The lowest BCUT2D eigenvalue weighted by Crippen LogP contribution is -2.47. The largest absolute Gasteiger partial charge is 0.481 e. The molecule has 0 amide bonds. The van der Waals surface area contributed by atoms with Gasteiger partial charge in [-0.25, -0.2) is 9.78 Å². The van der Waals surface area contributed by atoms with Gasteiger partial charge in [-0.15, -0.1) is 0 Å². The van der Waals surface area contributed by atoms with E-state index in [9.17, 15) is 77.3 Å². The first-order chi connectivity index (χ1) is 46.7. The fraction of sp³-hybridized carbons (Fsp3) is 0.585. The highest BCUT2D eigenvalue weighted by molar-refractivity contribution is 8.00. The Morgan fingerprint density at radius 1 is 0.582 bits per heavy atom. The van der Waals surface area contributed by atoms with Crippen molar-refractivity contribution in [3.63, 3.8) is 0 Å². The maximum absolute atomic E-state index is 14.0. The van der Waals surface area contributed by atoms with Crippen LogP contribution < -0.4 is 5.56 Å². The first-order valence-electron chi connectivity index (χ1n) is 31.6. The van der Waals surface area contributed by atoms with Crippen LogP contribution in [0.4, 0.5) is 0 Å². The second kappa shape index (κ2) is 40.9. The molecule has 0 spiro atoms. The highest BCUT2D eigenvalue weighted by Gasteiger charge is 2.50. The maximum atomic E-state index is 14.0. The highest BCUT2D eigenvalue weighted by atomic mass is 32.2. The molecule has 29 nitrogen and oxygen atoms in total. The molecule has 2 aromatic heterocycles. The third-order valence-corrected chi connectivity index (χ3v) is 19.1. The van der Waals surface area contributed by atoms with Gasteiger partial charge in [-0.05, 0) is 43.7 Å². The number of hydrogen-bond donors (Lipinski definition) is 3. The lowest BCUT2D eigenvalue weighted by molar-refractivity contribution is -0.190. The number of para-hydroxylation sites is 1. The van der Waals surface area contributed by atoms with Crippen molar-refractivity contribution in [2.45, 2.75) is 172 Å². The zero-order valence-corrected chi connectivity index (χ0v) is 58.3. The number of pyridine rings is 2. The van der Waals surface area contributed by atoms with Crippen LogP contribution in [0.2, 0.25) is 0 Å². The first kappa shape index (κ1) is 80.8. The molecule has 2 aliphatic rings. The summed E-state index contributed by atoms with van der Waals surface area (Å²) in [4.78, 5) is 182. The molecule has 3 aromatic rings. The Bertz CT molecular complexity index is 3410. The molecule has 98 heavy (non-hydrogen) atoms. The summed E-state index contributed by atoms with van der Waals surface area (Å²) in [5.41, 5.74) is 0.154. The minimum atomic E-state index is -2.06. The van der Waals surface area contributed by atoms with Crippen LogP contribution in [0.25, 0.3) is 22.3 Å². The lowest BCUT2D eigenvalue weighted by atomic mass is 9.85. The van der Waals surface area contributed by atoms with Crippen LogP contribution in [0.5, 0.6) is 0 Å². The Morgan fingerprint density at radius 3 is 1.53 bits per heavy atom. The lowest BCUT2D eigenvalue weighted by Gasteiger charge is -2.35. The number of hydrogen-bond acceptors (Lipinski definition) is 29. The molecule has 0 bridgehead atoms. The molecule has 4 unspecified atom stereocenters. The van der Waals surface area contributed by atoms with E-state index >= 15 is 0 Å². The van der Waals surface area contributed by atoms with Crippen molar-refractivity contribution in [3.8, 4) is 11.4 Å². The number of ether oxygens (including phenoxy) is 10. The number of rotatable bonds is 46. The smallest absolute Gasteiger partial charge is 0.355 e. The minimum absolute atomic E-state index is 0.0603. The zero-order chi connectivity index (χ0) is 72.0. The van der Waals surface area contributed by atoms with E-state index in [1.807, 2.05) is 30.3 Å². The van der Waals surface area contributed by atoms with Crippen LogP contribution in [0.15, 0.2) is 41.2 Å². The monoisotopic (exact) mass is 1450 g/mol. The molecular weight excluding hydrogens is 1370 g/mol. The Morgan fingerprint density at radius 2 is 1.04 bits per heavy atom. The molecule has 0 saturated heterocycles. The number of cyclic esters (lactones) is 1. The molecule has 0 aliphatic carbocycles. The van der Waals surface area contributed by atoms with Crippen molar-refractivity contribution in [1.82, 2.24) is 9.55 Å². The molecule has 33 heteroatoms. The van der Waals surface area contributed by atoms with Gasteiger partial charge in [0, 0.05) is 68.6 Å². The quantitative estimate of drug-likeness (QED) is 0.0240. The van der Waals surface area contributed by atoms with Crippen LogP contribution in [-0.2, 0) is 128 Å². The number of aliphatic carboxylic acids is 3. The van der Waals surface area contributed by atoms with Gasteiger partial charge in [0.1, 0.15) is 57.5 Å². The number of carbonyl (C=O) groups excluding carboxylic acids is 10. The van der Waals surface area contributed by atoms with Crippen molar-refractivity contribution in [3.05, 3.63) is 63.4 Å². The predicted molar refractivity (Wildman–Crippen MR) is 355 cm³/mol. The number of carbonyl (C=O) groups is 13. The second-order valence-electron chi connectivity index (χ2n) is 22.8. The molecule has 0 fully saturated rings. The third kappa shape index (κ3) is 26.7. The molecular formula is C65H82N2O27S4. The van der Waals surface area contributed by atoms with E-state index < -0.39 is 169 Å². The van der Waals surface area contributed by atoms with Gasteiger partial charge in [-0.2, -0.15) is 47.0 Å². The van der Waals surface area contributed by atoms with Gasteiger partial charge in [0.25, 0.3) is 5.56 Å². The number of esters is 10. The van der Waals surface area contributed by atoms with Crippen molar-refractivity contribution < 1.29 is 125 Å². The summed E-state index contributed by atoms with van der Waals surface area (Å²) < 4.78 is 55.5. The average Bonchev–Trinajstić information content (AvgIpc) is 1.41. The van der Waals surface area contributed by atoms with Crippen molar-refractivity contribution in [1.29, 1.82) is 0 Å². The van der Waals surface area contributed by atoms with Crippen LogP contribution in [0, 0.1) is 0 Å². The highest BCUT2D eigenvalue weighted by Crippen LogP contribution is 2.41. The van der Waals surface area contributed by atoms with Crippen molar-refractivity contribution >= 4 is 136 Å². The molecule has 538 valence electrons. The molecule has 3 N–H and O–H groups in total. The fourth-order valence-corrected chi connectivity index (χ4v) is 13.5. The van der Waals surface area contributed by atoms with E-state index in [2.05, 4.69) is 0 Å². The minimum Gasteiger partial charge on any atom is -0.481 e. The van der Waals surface area contributed by atoms with Crippen molar-refractivity contribution in [2.24, 2.45) is 0 Å². The Balaban J connectivity index is 1.12. The Hall–Kier alpha value is -7.91. The standard InChI is InChI=1S/C65H82N2O27S4/c1-6-10-52(74)85-25-27-87-54(76)23-30-97-37-47(92-57(79)17-14-50(70)71)48(93-58(80)18-15-51(72)73)38-98-64(3,4)24-21-53(75)86-26-28-88-55(77)22-29-96-36-46(45(35-95-5)90-56(78)16-13-49(68)69)91-59(81)19-20-60(82)94-65(7-2)42-32-44-61-40(31-39-11-8-9-12-43(39)66-61)33-67(44)62(83)41(42)34-89-63(65)84/h8-9,11-12,31-32,45-48H,6-7,10,13-30,33-38H2,1-5H3,(H,68,69)(H,70,71)(H,72,73)/t45?,46?,47?,48?,65-/m1/s1. The summed E-state index contributed by atoms with van der Waals surface area (Å²) in [5, 5.41) is 28.4. The van der Waals surface area contributed by atoms with Crippen LogP contribution in [-0.4, -0.2) is 199 Å².